The Balaban J connectivity index is 1.99. The summed E-state index contributed by atoms with van der Waals surface area (Å²) in [7, 11) is 0. The highest BCUT2D eigenvalue weighted by Crippen LogP contribution is 2.15. The largest absolute Gasteiger partial charge is 0.478 e. The number of Topliss-reactive ketones (excluding diaryl/α,β-unsaturated/α-hetero) is 1. The van der Waals surface area contributed by atoms with E-state index < -0.39 is 11.8 Å². The number of hydrogen-bond acceptors (Lipinski definition) is 2. The number of hydrogen-bond donors (Lipinski definition) is 1. The van der Waals surface area contributed by atoms with E-state index in [9.17, 15) is 14.7 Å². The maximum Gasteiger partial charge on any atom is 0.339 e. The van der Waals surface area contributed by atoms with Gasteiger partial charge in [-0.2, -0.15) is 0 Å². The fourth-order valence-electron chi connectivity index (χ4n) is 3.96. The molecule has 31 heavy (non-hydrogen) atoms. The van der Waals surface area contributed by atoms with Crippen LogP contribution in [0.25, 0.3) is 0 Å². The standard InChI is InChI=1S/C28H44O3/c1-2-3-4-5-6-7-8-9-10-11-12-13-14-15-16-17-21-24-26(28(30)31)27(29)25-22-19-18-20-23-25/h18-20,22-24H,2-17,21H2,1H3,(H,30,31). The van der Waals surface area contributed by atoms with E-state index in [1.54, 1.807) is 30.3 Å². The van der Waals surface area contributed by atoms with Crippen molar-refractivity contribution < 1.29 is 14.7 Å². The summed E-state index contributed by atoms with van der Waals surface area (Å²) in [4.78, 5) is 23.8. The quantitative estimate of drug-likeness (QED) is 0.0744. The topological polar surface area (TPSA) is 54.4 Å². The van der Waals surface area contributed by atoms with Crippen LogP contribution in [-0.4, -0.2) is 16.9 Å². The molecule has 1 N–H and O–H groups in total. The number of carbonyl (C=O) groups excluding carboxylic acids is 1. The molecule has 1 rings (SSSR count). The van der Waals surface area contributed by atoms with E-state index in [4.69, 9.17) is 0 Å². The molecular weight excluding hydrogens is 384 g/mol. The molecule has 3 heteroatoms. The molecule has 1 aromatic carbocycles. The van der Waals surface area contributed by atoms with Gasteiger partial charge in [0.15, 0.2) is 5.78 Å². The zero-order valence-corrected chi connectivity index (χ0v) is 19.7. The van der Waals surface area contributed by atoms with E-state index in [-0.39, 0.29) is 5.57 Å². The molecule has 0 aliphatic rings. The molecule has 0 aromatic heterocycles. The molecule has 1 aromatic rings. The minimum absolute atomic E-state index is 0.104. The van der Waals surface area contributed by atoms with Crippen LogP contribution < -0.4 is 0 Å². The number of allylic oxidation sites excluding steroid dienone is 1. The van der Waals surface area contributed by atoms with Crippen LogP contribution in [0.3, 0.4) is 0 Å². The van der Waals surface area contributed by atoms with Crippen molar-refractivity contribution in [2.75, 3.05) is 0 Å². The van der Waals surface area contributed by atoms with Crippen LogP contribution in [0.5, 0.6) is 0 Å². The summed E-state index contributed by atoms with van der Waals surface area (Å²) >= 11 is 0. The number of benzene rings is 1. The van der Waals surface area contributed by atoms with E-state index in [2.05, 4.69) is 6.92 Å². The summed E-state index contributed by atoms with van der Waals surface area (Å²) in [5.41, 5.74) is 0.329. The summed E-state index contributed by atoms with van der Waals surface area (Å²) in [6, 6.07) is 8.64. The third kappa shape index (κ3) is 13.9. The Morgan fingerprint density at radius 3 is 1.52 bits per heavy atom. The van der Waals surface area contributed by atoms with Crippen molar-refractivity contribution in [2.45, 2.75) is 116 Å². The molecule has 0 unspecified atom stereocenters. The van der Waals surface area contributed by atoms with Gasteiger partial charge in [-0.05, 0) is 12.8 Å². The van der Waals surface area contributed by atoms with Crippen molar-refractivity contribution in [3.05, 3.63) is 47.5 Å². The molecule has 0 spiro atoms. The van der Waals surface area contributed by atoms with Gasteiger partial charge < -0.3 is 5.11 Å². The first kappa shape index (κ1) is 27.1. The molecule has 0 aliphatic heterocycles. The van der Waals surface area contributed by atoms with Gasteiger partial charge in [0, 0.05) is 5.56 Å². The number of carboxylic acids is 1. The van der Waals surface area contributed by atoms with Gasteiger partial charge in [0.1, 0.15) is 5.57 Å². The first-order valence-electron chi connectivity index (χ1n) is 12.7. The van der Waals surface area contributed by atoms with Crippen molar-refractivity contribution in [3.8, 4) is 0 Å². The third-order valence-electron chi connectivity index (χ3n) is 5.92. The highest BCUT2D eigenvalue weighted by atomic mass is 16.4. The lowest BCUT2D eigenvalue weighted by atomic mass is 10.0. The maximum atomic E-state index is 12.3. The van der Waals surface area contributed by atoms with Crippen LogP contribution in [0.2, 0.25) is 0 Å². The number of aliphatic carboxylic acids is 1. The van der Waals surface area contributed by atoms with Gasteiger partial charge in [0.2, 0.25) is 0 Å². The zero-order valence-electron chi connectivity index (χ0n) is 19.7. The van der Waals surface area contributed by atoms with E-state index >= 15 is 0 Å². The Hall–Kier alpha value is -1.90. The molecular formula is C28H44O3. The third-order valence-corrected chi connectivity index (χ3v) is 5.92. The Morgan fingerprint density at radius 2 is 1.10 bits per heavy atom. The Labute approximate surface area is 190 Å². The van der Waals surface area contributed by atoms with Crippen LogP contribution in [0.4, 0.5) is 0 Å². The van der Waals surface area contributed by atoms with Crippen LogP contribution in [0, 0.1) is 0 Å². The Bertz CT molecular complexity index is 618. The van der Waals surface area contributed by atoms with E-state index in [1.807, 2.05) is 6.07 Å². The first-order valence-corrected chi connectivity index (χ1v) is 12.7. The second-order valence-electron chi connectivity index (χ2n) is 8.71. The normalized spacial score (nSPS) is 11.6. The summed E-state index contributed by atoms with van der Waals surface area (Å²) in [6.45, 7) is 2.27. The van der Waals surface area contributed by atoms with E-state index in [0.29, 0.717) is 12.0 Å². The van der Waals surface area contributed by atoms with Crippen LogP contribution in [0.1, 0.15) is 126 Å². The average Bonchev–Trinajstić information content (AvgIpc) is 2.78. The highest BCUT2D eigenvalue weighted by molar-refractivity contribution is 6.23. The molecule has 0 saturated carbocycles. The Morgan fingerprint density at radius 1 is 0.677 bits per heavy atom. The van der Waals surface area contributed by atoms with E-state index in [1.165, 1.54) is 89.9 Å². The monoisotopic (exact) mass is 428 g/mol. The number of carbonyl (C=O) groups is 2. The predicted octanol–water partition coefficient (Wildman–Crippen LogP) is 8.53. The molecule has 0 atom stereocenters. The van der Waals surface area contributed by atoms with Crippen molar-refractivity contribution in [1.82, 2.24) is 0 Å². The second-order valence-corrected chi connectivity index (χ2v) is 8.71. The van der Waals surface area contributed by atoms with Crippen molar-refractivity contribution in [1.29, 1.82) is 0 Å². The lowest BCUT2D eigenvalue weighted by Gasteiger charge is -2.04. The minimum Gasteiger partial charge on any atom is -0.478 e. The summed E-state index contributed by atoms with van der Waals surface area (Å²) in [6.07, 6.45) is 23.3. The summed E-state index contributed by atoms with van der Waals surface area (Å²) in [5, 5.41) is 9.35. The second kappa shape index (κ2) is 18.8. The molecule has 0 amide bonds. The molecule has 3 nitrogen and oxygen atoms in total. The molecule has 0 saturated heterocycles. The lowest BCUT2D eigenvalue weighted by Crippen LogP contribution is -2.12. The number of ketones is 1. The van der Waals surface area contributed by atoms with Gasteiger partial charge in [0.05, 0.1) is 0 Å². The molecule has 174 valence electrons. The van der Waals surface area contributed by atoms with Crippen LogP contribution >= 0.6 is 0 Å². The van der Waals surface area contributed by atoms with Gasteiger partial charge in [-0.25, -0.2) is 4.79 Å². The average molecular weight is 429 g/mol. The molecule has 0 heterocycles. The van der Waals surface area contributed by atoms with Crippen molar-refractivity contribution in [2.24, 2.45) is 0 Å². The fraction of sp³-hybridized carbons (Fsp3) is 0.643. The fourth-order valence-corrected chi connectivity index (χ4v) is 3.96. The summed E-state index contributed by atoms with van der Waals surface area (Å²) in [5.74, 6) is -1.53. The van der Waals surface area contributed by atoms with Gasteiger partial charge >= 0.3 is 5.97 Å². The lowest BCUT2D eigenvalue weighted by molar-refractivity contribution is -0.132. The molecule has 0 bridgehead atoms. The van der Waals surface area contributed by atoms with Gasteiger partial charge in [0.25, 0.3) is 0 Å². The highest BCUT2D eigenvalue weighted by Gasteiger charge is 2.18. The smallest absolute Gasteiger partial charge is 0.339 e. The van der Waals surface area contributed by atoms with Gasteiger partial charge in [-0.15, -0.1) is 0 Å². The maximum absolute atomic E-state index is 12.3. The molecule has 0 radical (unpaired) electrons. The SMILES string of the molecule is CCCCCCCCCCCCCCCCCCC=C(C(=O)O)C(=O)c1ccccc1. The Kier molecular flexibility index (Phi) is 16.5. The predicted molar refractivity (Wildman–Crippen MR) is 131 cm³/mol. The van der Waals surface area contributed by atoms with Gasteiger partial charge in [-0.1, -0.05) is 140 Å². The van der Waals surface area contributed by atoms with Crippen LogP contribution in [-0.2, 0) is 4.79 Å². The van der Waals surface area contributed by atoms with Crippen LogP contribution in [0.15, 0.2) is 42.0 Å². The number of carboxylic acid groups (broad SMARTS) is 1. The summed E-state index contributed by atoms with van der Waals surface area (Å²) < 4.78 is 0. The van der Waals surface area contributed by atoms with Gasteiger partial charge in [-0.3, -0.25) is 4.79 Å². The van der Waals surface area contributed by atoms with E-state index in [0.717, 1.165) is 12.8 Å². The molecule has 0 fully saturated rings. The minimum atomic E-state index is -1.13. The van der Waals surface area contributed by atoms with Crippen molar-refractivity contribution in [3.63, 3.8) is 0 Å². The number of rotatable bonds is 20. The number of unbranched alkanes of at least 4 members (excludes halogenated alkanes) is 16. The molecule has 0 aliphatic carbocycles. The van der Waals surface area contributed by atoms with Crippen molar-refractivity contribution >= 4 is 11.8 Å². The first-order chi connectivity index (χ1) is 15.2. The zero-order chi connectivity index (χ0) is 22.6.